The summed E-state index contributed by atoms with van der Waals surface area (Å²) in [6, 6.07) is 7.96. The lowest BCUT2D eigenvalue weighted by Crippen LogP contribution is -2.21. The highest BCUT2D eigenvalue weighted by Gasteiger charge is 2.22. The van der Waals surface area contributed by atoms with Crippen LogP contribution in [-0.2, 0) is 9.53 Å². The molecule has 2 aromatic carbocycles. The largest absolute Gasteiger partial charge is 0.493 e. The van der Waals surface area contributed by atoms with Gasteiger partial charge in [0.25, 0.3) is 5.91 Å². The molecular weight excluding hydrogens is 370 g/mol. The van der Waals surface area contributed by atoms with Crippen molar-refractivity contribution in [3.63, 3.8) is 0 Å². The Bertz CT molecular complexity index is 909. The predicted octanol–water partition coefficient (Wildman–Crippen LogP) is 1.99. The average molecular weight is 387 g/mol. The Labute approximate surface area is 160 Å². The van der Waals surface area contributed by atoms with Gasteiger partial charge in [-0.05, 0) is 24.3 Å². The highest BCUT2D eigenvalue weighted by Crippen LogP contribution is 2.40. The number of fused-ring (bicyclic) bond motifs is 2. The fourth-order valence-corrected chi connectivity index (χ4v) is 2.78. The molecule has 0 atom stereocenters. The number of rotatable bonds is 5. The Kier molecular flexibility index (Phi) is 4.79. The fraction of sp³-hybridized carbons (Fsp3) is 0.263. The van der Waals surface area contributed by atoms with E-state index in [0.717, 1.165) is 0 Å². The molecule has 9 heteroatoms. The van der Waals surface area contributed by atoms with Gasteiger partial charge >= 0.3 is 5.97 Å². The monoisotopic (exact) mass is 387 g/mol. The molecule has 2 aromatic rings. The lowest BCUT2D eigenvalue weighted by Gasteiger charge is -2.21. The standard InChI is InChI=1S/C19H17NO8/c1-23-15-6-11(7-16-18(15)25-5-4-24-16)19(22)26-9-17(21)20-12-2-3-13-14(8-12)28-10-27-13/h2-3,6-8H,4-5,9-10H2,1H3,(H,20,21). The summed E-state index contributed by atoms with van der Waals surface area (Å²) in [5.74, 6) is 1.16. The number of methoxy groups -OCH3 is 1. The van der Waals surface area contributed by atoms with Crippen molar-refractivity contribution in [2.75, 3.05) is 39.0 Å². The molecule has 146 valence electrons. The number of hydrogen-bond donors (Lipinski definition) is 1. The number of hydrogen-bond acceptors (Lipinski definition) is 8. The number of amides is 1. The summed E-state index contributed by atoms with van der Waals surface area (Å²) in [4.78, 5) is 24.4. The highest BCUT2D eigenvalue weighted by molar-refractivity contribution is 5.96. The van der Waals surface area contributed by atoms with Gasteiger partial charge in [-0.3, -0.25) is 4.79 Å². The third-order valence-corrected chi connectivity index (χ3v) is 4.05. The molecule has 28 heavy (non-hydrogen) atoms. The first-order valence-corrected chi connectivity index (χ1v) is 8.48. The van der Waals surface area contributed by atoms with Crippen molar-refractivity contribution in [3.05, 3.63) is 35.9 Å². The van der Waals surface area contributed by atoms with E-state index in [1.54, 1.807) is 18.2 Å². The number of nitrogens with one attached hydrogen (secondary N) is 1. The molecule has 0 radical (unpaired) electrons. The van der Waals surface area contributed by atoms with E-state index >= 15 is 0 Å². The molecule has 9 nitrogen and oxygen atoms in total. The van der Waals surface area contributed by atoms with Gasteiger partial charge < -0.3 is 33.7 Å². The number of benzene rings is 2. The minimum Gasteiger partial charge on any atom is -0.493 e. The van der Waals surface area contributed by atoms with E-state index in [0.29, 0.717) is 47.6 Å². The zero-order chi connectivity index (χ0) is 19.5. The van der Waals surface area contributed by atoms with E-state index in [2.05, 4.69) is 5.32 Å². The molecule has 2 aliphatic rings. The van der Waals surface area contributed by atoms with Crippen LogP contribution in [0.3, 0.4) is 0 Å². The minimum atomic E-state index is -0.684. The molecule has 2 heterocycles. The smallest absolute Gasteiger partial charge is 0.338 e. The molecule has 0 fully saturated rings. The van der Waals surface area contributed by atoms with Gasteiger partial charge in [-0.15, -0.1) is 0 Å². The Balaban J connectivity index is 1.38. The maximum absolute atomic E-state index is 12.3. The molecule has 1 N–H and O–H groups in total. The Morgan fingerprint density at radius 2 is 1.82 bits per heavy atom. The molecule has 2 aliphatic heterocycles. The fourth-order valence-electron chi connectivity index (χ4n) is 2.78. The quantitative estimate of drug-likeness (QED) is 0.778. The van der Waals surface area contributed by atoms with Gasteiger partial charge in [0.15, 0.2) is 29.6 Å². The first kappa shape index (κ1) is 17.8. The average Bonchev–Trinajstić information content (AvgIpc) is 3.19. The molecule has 0 saturated carbocycles. The molecule has 0 spiro atoms. The SMILES string of the molecule is COc1cc(C(=O)OCC(=O)Nc2ccc3c(c2)OCO3)cc2c1OCCO2. The van der Waals surface area contributed by atoms with Gasteiger partial charge in [0.2, 0.25) is 12.5 Å². The van der Waals surface area contributed by atoms with E-state index in [1.807, 2.05) is 0 Å². The second-order valence-corrected chi connectivity index (χ2v) is 5.90. The van der Waals surface area contributed by atoms with Crippen LogP contribution < -0.4 is 29.0 Å². The summed E-state index contributed by atoms with van der Waals surface area (Å²) in [6.45, 7) is 0.452. The Morgan fingerprint density at radius 3 is 2.68 bits per heavy atom. The van der Waals surface area contributed by atoms with Crippen molar-refractivity contribution in [1.29, 1.82) is 0 Å². The maximum atomic E-state index is 12.3. The Morgan fingerprint density at radius 1 is 1.00 bits per heavy atom. The number of anilines is 1. The highest BCUT2D eigenvalue weighted by atomic mass is 16.7. The summed E-state index contributed by atoms with van der Waals surface area (Å²) in [5, 5.41) is 2.63. The predicted molar refractivity (Wildman–Crippen MR) is 95.5 cm³/mol. The lowest BCUT2D eigenvalue weighted by molar-refractivity contribution is -0.119. The van der Waals surface area contributed by atoms with Crippen LogP contribution in [0.5, 0.6) is 28.7 Å². The number of esters is 1. The molecule has 0 saturated heterocycles. The van der Waals surface area contributed by atoms with Crippen LogP contribution in [0, 0.1) is 0 Å². The van der Waals surface area contributed by atoms with E-state index < -0.39 is 18.5 Å². The van der Waals surface area contributed by atoms with Gasteiger partial charge in [-0.1, -0.05) is 0 Å². The van der Waals surface area contributed by atoms with E-state index in [1.165, 1.54) is 19.2 Å². The van der Waals surface area contributed by atoms with Crippen LogP contribution >= 0.6 is 0 Å². The number of carbonyl (C=O) groups is 2. The van der Waals surface area contributed by atoms with Crippen molar-refractivity contribution < 1.29 is 38.0 Å². The van der Waals surface area contributed by atoms with Crippen LogP contribution in [0.2, 0.25) is 0 Å². The Hall–Kier alpha value is -3.62. The molecule has 4 rings (SSSR count). The van der Waals surface area contributed by atoms with Crippen LogP contribution in [0.1, 0.15) is 10.4 Å². The third-order valence-electron chi connectivity index (χ3n) is 4.05. The number of carbonyl (C=O) groups excluding carboxylic acids is 2. The lowest BCUT2D eigenvalue weighted by atomic mass is 10.1. The van der Waals surface area contributed by atoms with Crippen LogP contribution in [-0.4, -0.2) is 45.6 Å². The zero-order valence-corrected chi connectivity index (χ0v) is 15.0. The van der Waals surface area contributed by atoms with Crippen LogP contribution in [0.25, 0.3) is 0 Å². The first-order chi connectivity index (χ1) is 13.6. The van der Waals surface area contributed by atoms with Crippen molar-refractivity contribution in [2.45, 2.75) is 0 Å². The van der Waals surface area contributed by atoms with Gasteiger partial charge in [-0.2, -0.15) is 0 Å². The molecule has 0 unspecified atom stereocenters. The summed E-state index contributed by atoms with van der Waals surface area (Å²) in [6.07, 6.45) is 0. The third kappa shape index (κ3) is 3.59. The van der Waals surface area contributed by atoms with E-state index in [9.17, 15) is 9.59 Å². The summed E-state index contributed by atoms with van der Waals surface area (Å²) in [7, 11) is 1.46. The maximum Gasteiger partial charge on any atom is 0.338 e. The zero-order valence-electron chi connectivity index (χ0n) is 15.0. The second-order valence-electron chi connectivity index (χ2n) is 5.90. The van der Waals surface area contributed by atoms with Crippen LogP contribution in [0.15, 0.2) is 30.3 Å². The summed E-state index contributed by atoms with van der Waals surface area (Å²) in [5.41, 5.74) is 0.697. The van der Waals surface area contributed by atoms with Gasteiger partial charge in [0.05, 0.1) is 12.7 Å². The van der Waals surface area contributed by atoms with Crippen LogP contribution in [0.4, 0.5) is 5.69 Å². The van der Waals surface area contributed by atoms with Crippen molar-refractivity contribution >= 4 is 17.6 Å². The molecule has 0 aromatic heterocycles. The summed E-state index contributed by atoms with van der Waals surface area (Å²) < 4.78 is 31.8. The topological polar surface area (TPSA) is 102 Å². The molecule has 0 aliphatic carbocycles. The van der Waals surface area contributed by atoms with Gasteiger partial charge in [0.1, 0.15) is 13.2 Å². The normalized spacial score (nSPS) is 13.6. The minimum absolute atomic E-state index is 0.142. The second kappa shape index (κ2) is 7.55. The number of ether oxygens (including phenoxy) is 6. The van der Waals surface area contributed by atoms with Gasteiger partial charge in [0, 0.05) is 11.8 Å². The summed E-state index contributed by atoms with van der Waals surface area (Å²) >= 11 is 0. The van der Waals surface area contributed by atoms with Crippen molar-refractivity contribution in [1.82, 2.24) is 0 Å². The van der Waals surface area contributed by atoms with Crippen molar-refractivity contribution in [3.8, 4) is 28.7 Å². The molecular formula is C19H17NO8. The van der Waals surface area contributed by atoms with E-state index in [-0.39, 0.29) is 12.4 Å². The van der Waals surface area contributed by atoms with E-state index in [4.69, 9.17) is 28.4 Å². The van der Waals surface area contributed by atoms with Crippen molar-refractivity contribution in [2.24, 2.45) is 0 Å². The molecule has 0 bridgehead atoms. The van der Waals surface area contributed by atoms with Gasteiger partial charge in [-0.25, -0.2) is 4.79 Å². The molecule has 1 amide bonds. The first-order valence-electron chi connectivity index (χ1n) is 8.48.